The van der Waals surface area contributed by atoms with E-state index < -0.39 is 17.8 Å². The van der Waals surface area contributed by atoms with Gasteiger partial charge in [0.25, 0.3) is 0 Å². The molecule has 1 amide bonds. The molecule has 6 nitrogen and oxygen atoms in total. The van der Waals surface area contributed by atoms with E-state index in [-0.39, 0.29) is 0 Å². The van der Waals surface area contributed by atoms with E-state index in [0.29, 0.717) is 50.4 Å². The molecule has 0 radical (unpaired) electrons. The van der Waals surface area contributed by atoms with Crippen LogP contribution in [0.25, 0.3) is 0 Å². The van der Waals surface area contributed by atoms with Crippen molar-refractivity contribution in [1.82, 2.24) is 14.8 Å². The van der Waals surface area contributed by atoms with Crippen molar-refractivity contribution in [2.24, 2.45) is 0 Å². The normalized spacial score (nSPS) is 13.8. The number of aromatic nitrogens is 1. The Balaban J connectivity index is 0.000000445. The molecule has 1 saturated heterocycles. The molecule has 1 aliphatic heterocycles. The molecule has 0 bridgehead atoms. The van der Waals surface area contributed by atoms with Gasteiger partial charge in [0.1, 0.15) is 11.6 Å². The molecule has 0 unspecified atom stereocenters. The summed E-state index contributed by atoms with van der Waals surface area (Å²) in [7, 11) is 0. The van der Waals surface area contributed by atoms with Crippen molar-refractivity contribution >= 4 is 11.9 Å². The summed E-state index contributed by atoms with van der Waals surface area (Å²) in [5.41, 5.74) is 1.02. The molecule has 0 atom stereocenters. The van der Waals surface area contributed by atoms with E-state index in [2.05, 4.69) is 49.4 Å². The van der Waals surface area contributed by atoms with Gasteiger partial charge in [-0.2, -0.15) is 13.2 Å². The third-order valence-corrected chi connectivity index (χ3v) is 7.02. The highest BCUT2D eigenvalue weighted by atomic mass is 19.4. The monoisotopic (exact) mass is 570 g/mol. The van der Waals surface area contributed by atoms with Gasteiger partial charge in [-0.05, 0) is 88.2 Å². The molecule has 1 fully saturated rings. The van der Waals surface area contributed by atoms with E-state index in [1.807, 2.05) is 18.2 Å². The van der Waals surface area contributed by atoms with Crippen molar-refractivity contribution in [2.45, 2.75) is 59.3 Å². The molecule has 9 heteroatoms. The van der Waals surface area contributed by atoms with Gasteiger partial charge in [-0.25, -0.2) is 9.78 Å². The van der Waals surface area contributed by atoms with Gasteiger partial charge in [-0.1, -0.05) is 37.3 Å². The van der Waals surface area contributed by atoms with Crippen molar-refractivity contribution < 1.29 is 22.7 Å². The molecule has 0 saturated carbocycles. The predicted octanol–water partition coefficient (Wildman–Crippen LogP) is 7.14. The zero-order chi connectivity index (χ0) is 30.0. The molecule has 1 aliphatic rings. The molecular formula is C32H41F3N4O2. The molecule has 2 aromatic carbocycles. The first-order chi connectivity index (χ1) is 19.5. The van der Waals surface area contributed by atoms with E-state index in [1.165, 1.54) is 12.1 Å². The number of pyridine rings is 1. The minimum absolute atomic E-state index is 0.402. The van der Waals surface area contributed by atoms with Gasteiger partial charge >= 0.3 is 12.3 Å². The van der Waals surface area contributed by atoms with Gasteiger partial charge in [0.15, 0.2) is 0 Å². The summed E-state index contributed by atoms with van der Waals surface area (Å²) in [6.45, 7) is 14.8. The van der Waals surface area contributed by atoms with Crippen LogP contribution < -0.4 is 9.64 Å². The smallest absolute Gasteiger partial charge is 0.410 e. The average molecular weight is 571 g/mol. The van der Waals surface area contributed by atoms with Crippen LogP contribution in [0.2, 0.25) is 0 Å². The fraction of sp³-hybridized carbons (Fsp3) is 0.438. The van der Waals surface area contributed by atoms with Crippen molar-refractivity contribution in [2.75, 3.05) is 37.6 Å². The number of amides is 1. The van der Waals surface area contributed by atoms with Crippen LogP contribution in [0, 0.1) is 0 Å². The molecule has 3 aromatic rings. The summed E-state index contributed by atoms with van der Waals surface area (Å²) in [6, 6.07) is 19.2. The zero-order valence-electron chi connectivity index (χ0n) is 24.6. The van der Waals surface area contributed by atoms with Gasteiger partial charge in [0.2, 0.25) is 0 Å². The minimum atomic E-state index is -4.34. The van der Waals surface area contributed by atoms with Crippen molar-refractivity contribution in [3.63, 3.8) is 0 Å². The van der Waals surface area contributed by atoms with Crippen LogP contribution in [-0.4, -0.2) is 65.7 Å². The lowest BCUT2D eigenvalue weighted by atomic mass is 10.0. The van der Waals surface area contributed by atoms with Crippen molar-refractivity contribution in [1.29, 1.82) is 0 Å². The molecule has 0 N–H and O–H groups in total. The van der Waals surface area contributed by atoms with Gasteiger partial charge in [0.05, 0.1) is 5.56 Å². The number of carbonyl (C=O) groups is 1. The fourth-order valence-corrected chi connectivity index (χ4v) is 4.87. The second kappa shape index (κ2) is 14.9. The number of nitrogens with zero attached hydrogens (tertiary/aromatic N) is 4. The van der Waals surface area contributed by atoms with E-state index in [4.69, 9.17) is 4.74 Å². The SMILES string of the molecule is CCN(C(C)C)C(C)C.O=C(Oc1ccc(Cc2ccc(C(F)(F)F)cc2)cc1)N1CCN(c2ccccn2)CC1. The van der Waals surface area contributed by atoms with Crippen LogP contribution >= 0.6 is 0 Å². The molecular weight excluding hydrogens is 529 g/mol. The lowest BCUT2D eigenvalue weighted by molar-refractivity contribution is -0.137. The predicted molar refractivity (Wildman–Crippen MR) is 157 cm³/mol. The van der Waals surface area contributed by atoms with Crippen LogP contribution in [0.1, 0.15) is 51.3 Å². The number of halogens is 3. The Morgan fingerprint density at radius 3 is 1.88 bits per heavy atom. The summed E-state index contributed by atoms with van der Waals surface area (Å²) in [5, 5.41) is 0. The fourth-order valence-electron chi connectivity index (χ4n) is 4.87. The Morgan fingerprint density at radius 1 is 0.878 bits per heavy atom. The molecule has 222 valence electrons. The zero-order valence-corrected chi connectivity index (χ0v) is 24.6. The van der Waals surface area contributed by atoms with Crippen LogP contribution in [-0.2, 0) is 12.6 Å². The van der Waals surface area contributed by atoms with E-state index >= 15 is 0 Å². The first-order valence-corrected chi connectivity index (χ1v) is 14.1. The Kier molecular flexibility index (Phi) is 11.6. The number of hydrogen-bond donors (Lipinski definition) is 0. The third kappa shape index (κ3) is 9.78. The maximum atomic E-state index is 12.7. The van der Waals surface area contributed by atoms with Gasteiger partial charge in [-0.3, -0.25) is 4.90 Å². The second-order valence-corrected chi connectivity index (χ2v) is 10.6. The Morgan fingerprint density at radius 2 is 1.44 bits per heavy atom. The Labute approximate surface area is 241 Å². The summed E-state index contributed by atoms with van der Waals surface area (Å²) >= 11 is 0. The number of carbonyl (C=O) groups excluding carboxylic acids is 1. The van der Waals surface area contributed by atoms with E-state index in [9.17, 15) is 18.0 Å². The van der Waals surface area contributed by atoms with Gasteiger partial charge < -0.3 is 14.5 Å². The summed E-state index contributed by atoms with van der Waals surface area (Å²) in [6.07, 6.45) is -2.50. The van der Waals surface area contributed by atoms with Crippen molar-refractivity contribution in [3.05, 3.63) is 89.6 Å². The highest BCUT2D eigenvalue weighted by Crippen LogP contribution is 2.29. The number of rotatable bonds is 7. The molecule has 1 aromatic heterocycles. The maximum absolute atomic E-state index is 12.7. The molecule has 4 rings (SSSR count). The highest BCUT2D eigenvalue weighted by Gasteiger charge is 2.30. The first kappa shape index (κ1) is 31.9. The summed E-state index contributed by atoms with van der Waals surface area (Å²) in [4.78, 5) is 23.1. The maximum Gasteiger partial charge on any atom is 0.416 e. The number of benzene rings is 2. The molecule has 0 aliphatic carbocycles. The second-order valence-electron chi connectivity index (χ2n) is 10.6. The van der Waals surface area contributed by atoms with Crippen LogP contribution in [0.4, 0.5) is 23.8 Å². The Hall–Kier alpha value is -3.59. The number of hydrogen-bond acceptors (Lipinski definition) is 5. The minimum Gasteiger partial charge on any atom is -0.410 e. The van der Waals surface area contributed by atoms with E-state index in [1.54, 1.807) is 35.4 Å². The number of anilines is 1. The first-order valence-electron chi connectivity index (χ1n) is 14.1. The quantitative estimate of drug-likeness (QED) is 0.302. The standard InChI is InChI=1S/C24H22F3N3O2.C8H19N/c25-24(26,27)20-8-4-18(5-9-20)17-19-6-10-21(11-7-19)32-23(31)30-15-13-29(14-16-30)22-3-1-2-12-28-22;1-6-9(7(2)3)8(4)5/h1-12H,13-17H2;7-8H,6H2,1-5H3. The third-order valence-electron chi connectivity index (χ3n) is 7.02. The molecule has 41 heavy (non-hydrogen) atoms. The van der Waals surface area contributed by atoms with Crippen LogP contribution in [0.3, 0.4) is 0 Å². The van der Waals surface area contributed by atoms with Crippen LogP contribution in [0.5, 0.6) is 5.75 Å². The molecule has 2 heterocycles. The topological polar surface area (TPSA) is 48.9 Å². The average Bonchev–Trinajstić information content (AvgIpc) is 2.95. The number of piperazine rings is 1. The van der Waals surface area contributed by atoms with Crippen LogP contribution in [0.15, 0.2) is 72.9 Å². The van der Waals surface area contributed by atoms with Gasteiger partial charge in [-0.15, -0.1) is 0 Å². The largest absolute Gasteiger partial charge is 0.416 e. The number of ether oxygens (including phenoxy) is 1. The lowest BCUT2D eigenvalue weighted by Crippen LogP contribution is -2.49. The number of alkyl halides is 3. The van der Waals surface area contributed by atoms with Gasteiger partial charge in [0, 0.05) is 44.5 Å². The highest BCUT2D eigenvalue weighted by molar-refractivity contribution is 5.71. The summed E-state index contributed by atoms with van der Waals surface area (Å²) in [5.74, 6) is 1.32. The summed E-state index contributed by atoms with van der Waals surface area (Å²) < 4.78 is 43.5. The molecule has 0 spiro atoms. The lowest BCUT2D eigenvalue weighted by Gasteiger charge is -2.34. The van der Waals surface area contributed by atoms with E-state index in [0.717, 1.165) is 35.6 Å². The van der Waals surface area contributed by atoms with Crippen molar-refractivity contribution in [3.8, 4) is 5.75 Å². The Bertz CT molecular complexity index is 1180.